The van der Waals surface area contributed by atoms with Gasteiger partial charge in [-0.15, -0.1) is 0 Å². The normalized spacial score (nSPS) is 11.6. The summed E-state index contributed by atoms with van der Waals surface area (Å²) >= 11 is 3.15. The van der Waals surface area contributed by atoms with E-state index in [9.17, 15) is 4.39 Å². The van der Waals surface area contributed by atoms with Crippen molar-refractivity contribution in [3.63, 3.8) is 0 Å². The third-order valence-electron chi connectivity index (χ3n) is 1.97. The van der Waals surface area contributed by atoms with E-state index in [4.69, 9.17) is 10.5 Å². The molecule has 2 nitrogen and oxygen atoms in total. The van der Waals surface area contributed by atoms with Gasteiger partial charge in [0.2, 0.25) is 0 Å². The van der Waals surface area contributed by atoms with Crippen LogP contribution in [-0.2, 0) is 6.42 Å². The van der Waals surface area contributed by atoms with E-state index in [-0.39, 0.29) is 11.4 Å². The first-order valence-corrected chi connectivity index (χ1v) is 5.43. The number of rotatable bonds is 3. The molecular formula is C11H15BrFNO. The number of hydrogen-bond acceptors (Lipinski definition) is 2. The SMILES string of the molecule is COc1cc(F)c(Br)cc1CC(C)(C)N. The minimum absolute atomic E-state index is 0.328. The van der Waals surface area contributed by atoms with Crippen molar-refractivity contribution in [2.24, 2.45) is 5.73 Å². The zero-order valence-electron chi connectivity index (χ0n) is 9.10. The minimum atomic E-state index is -0.343. The van der Waals surface area contributed by atoms with Crippen LogP contribution in [0.4, 0.5) is 4.39 Å². The van der Waals surface area contributed by atoms with Crippen molar-refractivity contribution in [1.29, 1.82) is 0 Å². The summed E-state index contributed by atoms with van der Waals surface area (Å²) in [6.07, 6.45) is 0.634. The molecule has 0 fully saturated rings. The van der Waals surface area contributed by atoms with Crippen LogP contribution in [0.3, 0.4) is 0 Å². The molecule has 1 aromatic carbocycles. The second-order valence-electron chi connectivity index (χ2n) is 4.24. The molecule has 0 atom stereocenters. The number of hydrogen-bond donors (Lipinski definition) is 1. The van der Waals surface area contributed by atoms with Crippen LogP contribution in [0.5, 0.6) is 5.75 Å². The van der Waals surface area contributed by atoms with E-state index in [1.165, 1.54) is 13.2 Å². The van der Waals surface area contributed by atoms with Crippen LogP contribution in [0.25, 0.3) is 0 Å². The Morgan fingerprint density at radius 3 is 2.53 bits per heavy atom. The first-order chi connectivity index (χ1) is 6.83. The molecule has 1 rings (SSSR count). The Hall–Kier alpha value is -0.610. The summed E-state index contributed by atoms with van der Waals surface area (Å²) in [6.45, 7) is 3.84. The van der Waals surface area contributed by atoms with E-state index in [2.05, 4.69) is 15.9 Å². The molecule has 0 aromatic heterocycles. The summed E-state index contributed by atoms with van der Waals surface area (Å²) in [5.74, 6) is 0.208. The van der Waals surface area contributed by atoms with Gasteiger partial charge in [0.1, 0.15) is 11.6 Å². The molecule has 2 N–H and O–H groups in total. The van der Waals surface area contributed by atoms with Crippen molar-refractivity contribution in [1.82, 2.24) is 0 Å². The lowest BCUT2D eigenvalue weighted by atomic mass is 9.95. The molecule has 0 aliphatic carbocycles. The van der Waals surface area contributed by atoms with Crippen LogP contribution in [0, 0.1) is 5.82 Å². The predicted molar refractivity (Wildman–Crippen MR) is 62.6 cm³/mol. The Morgan fingerprint density at radius 2 is 2.07 bits per heavy atom. The van der Waals surface area contributed by atoms with Crippen molar-refractivity contribution in [2.45, 2.75) is 25.8 Å². The van der Waals surface area contributed by atoms with Crippen molar-refractivity contribution >= 4 is 15.9 Å². The first kappa shape index (κ1) is 12.5. The predicted octanol–water partition coefficient (Wildman–Crippen LogP) is 2.88. The standard InChI is InChI=1S/C11H15BrFNO/c1-11(2,14)6-7-4-8(12)9(13)5-10(7)15-3/h4-5H,6,14H2,1-3H3. The van der Waals surface area contributed by atoms with Crippen LogP contribution >= 0.6 is 15.9 Å². The number of nitrogens with two attached hydrogens (primary N) is 1. The maximum atomic E-state index is 13.2. The average molecular weight is 276 g/mol. The smallest absolute Gasteiger partial charge is 0.141 e. The lowest BCUT2D eigenvalue weighted by molar-refractivity contribution is 0.398. The van der Waals surface area contributed by atoms with E-state index in [0.29, 0.717) is 16.6 Å². The topological polar surface area (TPSA) is 35.2 Å². The third kappa shape index (κ3) is 3.47. The summed E-state index contributed by atoms with van der Waals surface area (Å²) in [5, 5.41) is 0. The van der Waals surface area contributed by atoms with E-state index in [0.717, 1.165) is 5.56 Å². The van der Waals surface area contributed by atoms with Crippen LogP contribution in [0.15, 0.2) is 16.6 Å². The van der Waals surface area contributed by atoms with Crippen LogP contribution in [-0.4, -0.2) is 12.6 Å². The minimum Gasteiger partial charge on any atom is -0.496 e. The van der Waals surface area contributed by atoms with Gasteiger partial charge in [-0.1, -0.05) is 0 Å². The molecule has 0 unspecified atom stereocenters. The van der Waals surface area contributed by atoms with Crippen LogP contribution in [0.2, 0.25) is 0 Å². The summed E-state index contributed by atoms with van der Waals surface area (Å²) < 4.78 is 18.8. The van der Waals surface area contributed by atoms with Gasteiger partial charge in [-0.2, -0.15) is 0 Å². The fraction of sp³-hybridized carbons (Fsp3) is 0.455. The summed E-state index contributed by atoms with van der Waals surface area (Å²) in [5.41, 5.74) is 6.47. The van der Waals surface area contributed by atoms with Gasteiger partial charge in [0.25, 0.3) is 0 Å². The molecular weight excluding hydrogens is 261 g/mol. The monoisotopic (exact) mass is 275 g/mol. The number of ether oxygens (including phenoxy) is 1. The van der Waals surface area contributed by atoms with Gasteiger partial charge < -0.3 is 10.5 Å². The second kappa shape index (κ2) is 4.49. The second-order valence-corrected chi connectivity index (χ2v) is 5.10. The largest absolute Gasteiger partial charge is 0.496 e. The number of halogens is 2. The Labute approximate surface area is 97.7 Å². The van der Waals surface area contributed by atoms with E-state index < -0.39 is 0 Å². The average Bonchev–Trinajstić information content (AvgIpc) is 2.08. The number of methoxy groups -OCH3 is 1. The number of benzene rings is 1. The highest BCUT2D eigenvalue weighted by atomic mass is 79.9. The third-order valence-corrected chi connectivity index (χ3v) is 2.58. The molecule has 4 heteroatoms. The van der Waals surface area contributed by atoms with E-state index in [1.807, 2.05) is 13.8 Å². The maximum absolute atomic E-state index is 13.2. The van der Waals surface area contributed by atoms with E-state index in [1.54, 1.807) is 6.07 Å². The zero-order valence-corrected chi connectivity index (χ0v) is 10.7. The fourth-order valence-electron chi connectivity index (χ4n) is 1.39. The highest BCUT2D eigenvalue weighted by molar-refractivity contribution is 9.10. The fourth-order valence-corrected chi connectivity index (χ4v) is 1.78. The van der Waals surface area contributed by atoms with Crippen molar-refractivity contribution in [3.05, 3.63) is 28.0 Å². The Balaban J connectivity index is 3.11. The lowest BCUT2D eigenvalue weighted by Crippen LogP contribution is -2.34. The Kier molecular flexibility index (Phi) is 3.73. The summed E-state index contributed by atoms with van der Waals surface area (Å²) in [6, 6.07) is 3.08. The summed E-state index contributed by atoms with van der Waals surface area (Å²) in [7, 11) is 1.52. The molecule has 0 saturated heterocycles. The van der Waals surface area contributed by atoms with Gasteiger partial charge in [-0.05, 0) is 47.8 Å². The van der Waals surface area contributed by atoms with Gasteiger partial charge in [0.15, 0.2) is 0 Å². The molecule has 0 saturated carbocycles. The van der Waals surface area contributed by atoms with Gasteiger partial charge in [-0.3, -0.25) is 0 Å². The van der Waals surface area contributed by atoms with Crippen molar-refractivity contribution in [2.75, 3.05) is 7.11 Å². The molecule has 1 aromatic rings. The highest BCUT2D eigenvalue weighted by Gasteiger charge is 2.16. The molecule has 0 heterocycles. The molecule has 0 amide bonds. The lowest BCUT2D eigenvalue weighted by Gasteiger charge is -2.20. The van der Waals surface area contributed by atoms with E-state index >= 15 is 0 Å². The van der Waals surface area contributed by atoms with Gasteiger partial charge in [0.05, 0.1) is 11.6 Å². The molecule has 0 aliphatic heterocycles. The van der Waals surface area contributed by atoms with Gasteiger partial charge in [-0.25, -0.2) is 4.39 Å². The van der Waals surface area contributed by atoms with Crippen LogP contribution in [0.1, 0.15) is 19.4 Å². The Morgan fingerprint density at radius 1 is 1.47 bits per heavy atom. The molecule has 15 heavy (non-hydrogen) atoms. The zero-order chi connectivity index (χ0) is 11.6. The first-order valence-electron chi connectivity index (χ1n) is 4.64. The maximum Gasteiger partial charge on any atom is 0.141 e. The Bertz CT molecular complexity index is 360. The quantitative estimate of drug-likeness (QED) is 0.921. The van der Waals surface area contributed by atoms with Crippen molar-refractivity contribution < 1.29 is 9.13 Å². The van der Waals surface area contributed by atoms with Crippen LogP contribution < -0.4 is 10.5 Å². The molecule has 84 valence electrons. The molecule has 0 radical (unpaired) electrons. The molecule has 0 spiro atoms. The van der Waals surface area contributed by atoms with Gasteiger partial charge >= 0.3 is 0 Å². The molecule has 0 bridgehead atoms. The molecule has 0 aliphatic rings. The van der Waals surface area contributed by atoms with Crippen molar-refractivity contribution in [3.8, 4) is 5.75 Å². The van der Waals surface area contributed by atoms with Gasteiger partial charge in [0, 0.05) is 11.6 Å². The highest BCUT2D eigenvalue weighted by Crippen LogP contribution is 2.28. The summed E-state index contributed by atoms with van der Waals surface area (Å²) in [4.78, 5) is 0.